The first-order chi connectivity index (χ1) is 6.05. The highest BCUT2D eigenvalue weighted by molar-refractivity contribution is 7.77. The maximum absolute atomic E-state index is 10.3. The van der Waals surface area contributed by atoms with Crippen molar-refractivity contribution in [3.63, 3.8) is 0 Å². The minimum Gasteiger partial charge on any atom is -0.457 e. The monoisotopic (exact) mass is 250 g/mol. The molecule has 0 rings (SSSR count). The topological polar surface area (TPSA) is 148 Å². The molecule has 0 amide bonds. The van der Waals surface area contributed by atoms with E-state index in [4.69, 9.17) is 29.4 Å². The second-order valence-electron chi connectivity index (χ2n) is 2.51. The zero-order valence-corrected chi connectivity index (χ0v) is 8.97. The Morgan fingerprint density at radius 1 is 1.14 bits per heavy atom. The Morgan fingerprint density at radius 2 is 1.50 bits per heavy atom. The van der Waals surface area contributed by atoms with Crippen molar-refractivity contribution in [2.45, 2.75) is 12.3 Å². The maximum atomic E-state index is 10.3. The van der Waals surface area contributed by atoms with Gasteiger partial charge in [-0.1, -0.05) is 0 Å². The molecule has 0 saturated carbocycles. The fourth-order valence-corrected chi connectivity index (χ4v) is 2.81. The molecule has 0 aromatic rings. The molecule has 10 heteroatoms. The van der Waals surface area contributed by atoms with Gasteiger partial charge in [0, 0.05) is 6.92 Å². The molecule has 0 heterocycles. The summed E-state index contributed by atoms with van der Waals surface area (Å²) in [6.07, 6.45) is 0. The fourth-order valence-electron chi connectivity index (χ4n) is 0.600. The van der Waals surface area contributed by atoms with Crippen LogP contribution in [0.1, 0.15) is 6.92 Å². The highest BCUT2D eigenvalue weighted by Crippen LogP contribution is 2.68. The average molecular weight is 250 g/mol. The Labute approximate surface area is 80.6 Å². The quantitative estimate of drug-likeness (QED) is 0.257. The van der Waals surface area contributed by atoms with Crippen LogP contribution >= 0.6 is 15.9 Å². The van der Waals surface area contributed by atoms with Crippen molar-refractivity contribution in [3.05, 3.63) is 0 Å². The number of rotatable bonds is 4. The van der Waals surface area contributed by atoms with Gasteiger partial charge in [0.15, 0.2) is 6.61 Å². The smallest absolute Gasteiger partial charge is 0.457 e. The Balaban J connectivity index is 4.51. The van der Waals surface area contributed by atoms with Gasteiger partial charge in [0.1, 0.15) is 0 Å². The maximum Gasteiger partial charge on any atom is 0.458 e. The number of carbonyl (C=O) groups is 1. The van der Waals surface area contributed by atoms with Crippen molar-refractivity contribution in [2.24, 2.45) is 0 Å². The minimum absolute atomic E-state index is 0.822. The highest BCUT2D eigenvalue weighted by Gasteiger charge is 2.64. The first-order valence-corrected chi connectivity index (χ1v) is 6.75. The molecule has 0 bridgehead atoms. The van der Waals surface area contributed by atoms with Gasteiger partial charge in [-0.05, 0) is 0 Å². The molecule has 6 N–H and O–H groups in total. The molecule has 0 aliphatic rings. The van der Waals surface area contributed by atoms with E-state index in [2.05, 4.69) is 4.74 Å². The number of carbonyl (C=O) groups excluding carboxylic acids is 1. The van der Waals surface area contributed by atoms with E-state index >= 15 is 0 Å². The molecular formula is C4H12O8P2+2. The van der Waals surface area contributed by atoms with Crippen LogP contribution in [0.25, 0.3) is 0 Å². The molecule has 0 aromatic carbocycles. The van der Waals surface area contributed by atoms with Gasteiger partial charge < -0.3 is 4.74 Å². The van der Waals surface area contributed by atoms with E-state index < -0.39 is 33.9 Å². The van der Waals surface area contributed by atoms with Gasteiger partial charge in [-0.25, -0.2) is 0 Å². The molecule has 0 aliphatic heterocycles. The molecule has 0 aliphatic carbocycles. The second kappa shape index (κ2) is 4.74. The Morgan fingerprint density at radius 3 is 1.71 bits per heavy atom. The predicted molar refractivity (Wildman–Crippen MR) is 47.6 cm³/mol. The van der Waals surface area contributed by atoms with Crippen LogP contribution in [0.5, 0.6) is 0 Å². The summed E-state index contributed by atoms with van der Waals surface area (Å²) in [7, 11) is -9.36. The number of hydrogen-bond acceptors (Lipinski definition) is 8. The third kappa shape index (κ3) is 5.09. The van der Waals surface area contributed by atoms with Crippen LogP contribution in [0, 0.1) is 0 Å². The summed E-state index contributed by atoms with van der Waals surface area (Å²) in [6.45, 7) is 0.111. The summed E-state index contributed by atoms with van der Waals surface area (Å²) in [5, 5.41) is -2.07. The molecular weight excluding hydrogens is 238 g/mol. The molecule has 0 unspecified atom stereocenters. The van der Waals surface area contributed by atoms with Gasteiger partial charge in [-0.2, -0.15) is 29.4 Å². The van der Waals surface area contributed by atoms with Gasteiger partial charge in [-0.15, -0.1) is 0 Å². The third-order valence-electron chi connectivity index (χ3n) is 1.24. The summed E-state index contributed by atoms with van der Waals surface area (Å²) in [5.74, 6) is -0.822. The average Bonchev–Trinajstić information content (AvgIpc) is 1.78. The second-order valence-corrected chi connectivity index (χ2v) is 6.63. The van der Waals surface area contributed by atoms with E-state index in [-0.39, 0.29) is 0 Å². The van der Waals surface area contributed by atoms with Crippen LogP contribution in [0.4, 0.5) is 0 Å². The van der Waals surface area contributed by atoms with Crippen molar-refractivity contribution < 1.29 is 38.9 Å². The van der Waals surface area contributed by atoms with Crippen molar-refractivity contribution in [2.75, 3.05) is 6.61 Å². The van der Waals surface area contributed by atoms with E-state index in [1.165, 1.54) is 0 Å². The number of hydrogen-bond donors (Lipinski definition) is 6. The van der Waals surface area contributed by atoms with E-state index in [1.807, 2.05) is 0 Å². The van der Waals surface area contributed by atoms with Crippen molar-refractivity contribution in [1.82, 2.24) is 0 Å². The molecule has 0 saturated heterocycles. The van der Waals surface area contributed by atoms with Crippen LogP contribution in [-0.4, -0.2) is 47.3 Å². The van der Waals surface area contributed by atoms with Gasteiger partial charge in [-0.3, -0.25) is 4.79 Å². The van der Waals surface area contributed by atoms with Gasteiger partial charge in [0.05, 0.1) is 0 Å². The summed E-state index contributed by atoms with van der Waals surface area (Å²) in [4.78, 5) is 62.5. The summed E-state index contributed by atoms with van der Waals surface area (Å²) in [5.41, 5.74) is 0. The van der Waals surface area contributed by atoms with Crippen LogP contribution in [0.3, 0.4) is 0 Å². The minimum atomic E-state index is -4.68. The first kappa shape index (κ1) is 14.1. The lowest BCUT2D eigenvalue weighted by Gasteiger charge is -2.16. The predicted octanol–water partition coefficient (Wildman–Crippen LogP) is -1.65. The van der Waals surface area contributed by atoms with E-state index in [9.17, 15) is 4.79 Å². The summed E-state index contributed by atoms with van der Waals surface area (Å²) in [6, 6.07) is 0. The largest absolute Gasteiger partial charge is 0.458 e. The molecule has 84 valence electrons. The zero-order chi connectivity index (χ0) is 11.6. The lowest BCUT2D eigenvalue weighted by Crippen LogP contribution is -2.24. The zero-order valence-electron chi connectivity index (χ0n) is 7.18. The highest BCUT2D eigenvalue weighted by atomic mass is 31.3. The SMILES string of the molecule is CC(=O)OCC([P+](O)(O)O)[P+](O)(O)O. The molecule has 0 spiro atoms. The Hall–Kier alpha value is 0.0900. The van der Waals surface area contributed by atoms with E-state index in [0.717, 1.165) is 6.92 Å². The van der Waals surface area contributed by atoms with Gasteiger partial charge >= 0.3 is 27.3 Å². The van der Waals surface area contributed by atoms with Crippen LogP contribution in [0.15, 0.2) is 0 Å². The van der Waals surface area contributed by atoms with Crippen LogP contribution in [-0.2, 0) is 9.53 Å². The fraction of sp³-hybridized carbons (Fsp3) is 0.750. The van der Waals surface area contributed by atoms with Gasteiger partial charge in [0.25, 0.3) is 0 Å². The standard InChI is InChI=1S/C4H12O8P2/c1-3(5)12-2-4(13(6,7)8)14(9,10)11/h4,6-11H,2H2,1H3/q+2. The van der Waals surface area contributed by atoms with Crippen LogP contribution in [0.2, 0.25) is 0 Å². The molecule has 0 aromatic heterocycles. The van der Waals surface area contributed by atoms with E-state index in [0.29, 0.717) is 0 Å². The normalized spacial score (nSPS) is 13.1. The molecule has 14 heavy (non-hydrogen) atoms. The summed E-state index contributed by atoms with van der Waals surface area (Å²) >= 11 is 0. The molecule has 0 fully saturated rings. The number of ether oxygens (including phenoxy) is 1. The summed E-state index contributed by atoms with van der Waals surface area (Å²) < 4.78 is 4.21. The lowest BCUT2D eigenvalue weighted by atomic mass is 10.8. The van der Waals surface area contributed by atoms with Gasteiger partial charge in [0.2, 0.25) is 0 Å². The Bertz CT molecular complexity index is 190. The van der Waals surface area contributed by atoms with Crippen molar-refractivity contribution in [3.8, 4) is 0 Å². The first-order valence-electron chi connectivity index (χ1n) is 3.32. The molecule has 0 radical (unpaired) electrons. The van der Waals surface area contributed by atoms with Crippen LogP contribution < -0.4 is 0 Å². The van der Waals surface area contributed by atoms with E-state index in [1.54, 1.807) is 0 Å². The molecule has 8 nitrogen and oxygen atoms in total. The lowest BCUT2D eigenvalue weighted by molar-refractivity contribution is -0.140. The number of esters is 1. The van der Waals surface area contributed by atoms with Crippen molar-refractivity contribution in [1.29, 1.82) is 0 Å². The third-order valence-corrected chi connectivity index (χ3v) is 4.99. The Kier molecular flexibility index (Phi) is 4.77. The van der Waals surface area contributed by atoms with Crippen molar-refractivity contribution >= 4 is 21.9 Å². The molecule has 0 atom stereocenters.